The zero-order valence-corrected chi connectivity index (χ0v) is 11.0. The molecule has 100 valence electrons. The molecule has 1 aliphatic rings. The number of phenols is 2. The second-order valence-electron chi connectivity index (χ2n) is 5.03. The molecule has 0 bridgehead atoms. The standard InChI is InChI=1S/C16H12O4/c1-7-4-12-10(6-13(7)18)11-5-9(17)3-8(2)14(11)16(20)15(12)19/h3-6,17-18H,1-2H3. The maximum absolute atomic E-state index is 12.2. The van der Waals surface area contributed by atoms with Gasteiger partial charge in [0.15, 0.2) is 0 Å². The summed E-state index contributed by atoms with van der Waals surface area (Å²) in [6, 6.07) is 5.86. The first-order valence-corrected chi connectivity index (χ1v) is 6.16. The fourth-order valence-corrected chi connectivity index (χ4v) is 2.62. The highest BCUT2D eigenvalue weighted by molar-refractivity contribution is 6.53. The van der Waals surface area contributed by atoms with E-state index in [1.165, 1.54) is 24.3 Å². The van der Waals surface area contributed by atoms with Crippen LogP contribution in [-0.4, -0.2) is 21.8 Å². The fourth-order valence-electron chi connectivity index (χ4n) is 2.62. The van der Waals surface area contributed by atoms with Crippen molar-refractivity contribution in [2.75, 3.05) is 0 Å². The summed E-state index contributed by atoms with van der Waals surface area (Å²) in [4.78, 5) is 24.4. The molecule has 3 rings (SSSR count). The van der Waals surface area contributed by atoms with E-state index in [-0.39, 0.29) is 17.1 Å². The van der Waals surface area contributed by atoms with Gasteiger partial charge in [-0.15, -0.1) is 0 Å². The Kier molecular flexibility index (Phi) is 2.44. The minimum absolute atomic E-state index is 0.0226. The summed E-state index contributed by atoms with van der Waals surface area (Å²) in [5.74, 6) is -1.08. The summed E-state index contributed by atoms with van der Waals surface area (Å²) >= 11 is 0. The Balaban J connectivity index is 2.45. The van der Waals surface area contributed by atoms with Crippen molar-refractivity contribution in [1.29, 1.82) is 0 Å². The summed E-state index contributed by atoms with van der Waals surface area (Å²) in [7, 11) is 0. The van der Waals surface area contributed by atoms with E-state index in [0.717, 1.165) is 0 Å². The number of hydrogen-bond acceptors (Lipinski definition) is 4. The predicted molar refractivity (Wildman–Crippen MR) is 73.3 cm³/mol. The molecule has 2 aromatic carbocycles. The molecular formula is C16H12O4. The van der Waals surface area contributed by atoms with E-state index in [2.05, 4.69) is 0 Å². The lowest BCUT2D eigenvalue weighted by Crippen LogP contribution is -2.22. The highest BCUT2D eigenvalue weighted by atomic mass is 16.3. The Morgan fingerprint density at radius 3 is 2.15 bits per heavy atom. The molecule has 2 aromatic rings. The first-order chi connectivity index (χ1) is 9.40. The Labute approximate surface area is 115 Å². The Hall–Kier alpha value is -2.62. The summed E-state index contributed by atoms with van der Waals surface area (Å²) < 4.78 is 0. The fraction of sp³-hybridized carbons (Fsp3) is 0.125. The molecule has 0 unspecified atom stereocenters. The van der Waals surface area contributed by atoms with Crippen LogP contribution in [0.5, 0.6) is 11.5 Å². The molecule has 0 saturated heterocycles. The van der Waals surface area contributed by atoms with Gasteiger partial charge in [0.25, 0.3) is 0 Å². The third-order valence-electron chi connectivity index (χ3n) is 3.62. The van der Waals surface area contributed by atoms with E-state index < -0.39 is 11.6 Å². The number of ketones is 2. The molecule has 0 fully saturated rings. The second kappa shape index (κ2) is 3.93. The van der Waals surface area contributed by atoms with Gasteiger partial charge in [-0.1, -0.05) is 0 Å². The monoisotopic (exact) mass is 268 g/mol. The van der Waals surface area contributed by atoms with Crippen molar-refractivity contribution < 1.29 is 19.8 Å². The number of aromatic hydroxyl groups is 2. The van der Waals surface area contributed by atoms with Gasteiger partial charge in [0.1, 0.15) is 11.5 Å². The quantitative estimate of drug-likeness (QED) is 0.720. The molecular weight excluding hydrogens is 256 g/mol. The van der Waals surface area contributed by atoms with Crippen LogP contribution in [0, 0.1) is 13.8 Å². The Morgan fingerprint density at radius 2 is 1.45 bits per heavy atom. The van der Waals surface area contributed by atoms with Crippen molar-refractivity contribution in [3.8, 4) is 22.6 Å². The molecule has 2 N–H and O–H groups in total. The second-order valence-corrected chi connectivity index (χ2v) is 5.03. The van der Waals surface area contributed by atoms with Crippen molar-refractivity contribution in [2.24, 2.45) is 0 Å². The van der Waals surface area contributed by atoms with Gasteiger partial charge in [-0.2, -0.15) is 0 Å². The number of Topliss-reactive ketones (excluding diaryl/α,β-unsaturated/α-hetero) is 2. The van der Waals surface area contributed by atoms with Crippen LogP contribution in [0.15, 0.2) is 24.3 Å². The number of benzene rings is 2. The molecule has 4 heteroatoms. The number of hydrogen-bond donors (Lipinski definition) is 2. The van der Waals surface area contributed by atoms with Crippen molar-refractivity contribution in [3.05, 3.63) is 46.5 Å². The van der Waals surface area contributed by atoms with E-state index in [1.807, 2.05) is 0 Å². The van der Waals surface area contributed by atoms with Crippen molar-refractivity contribution in [1.82, 2.24) is 0 Å². The highest BCUT2D eigenvalue weighted by Gasteiger charge is 2.32. The van der Waals surface area contributed by atoms with Gasteiger partial charge in [0.05, 0.1) is 0 Å². The van der Waals surface area contributed by atoms with E-state index >= 15 is 0 Å². The lowest BCUT2D eigenvalue weighted by atomic mass is 9.81. The van der Waals surface area contributed by atoms with Gasteiger partial charge < -0.3 is 10.2 Å². The summed E-state index contributed by atoms with van der Waals surface area (Å²) in [6.07, 6.45) is 0. The minimum atomic E-state index is -0.579. The van der Waals surface area contributed by atoms with Crippen LogP contribution in [0.3, 0.4) is 0 Å². The predicted octanol–water partition coefficient (Wildman–Crippen LogP) is 2.76. The summed E-state index contributed by atoms with van der Waals surface area (Å²) in [6.45, 7) is 3.33. The maximum atomic E-state index is 12.2. The molecule has 0 heterocycles. The third kappa shape index (κ3) is 1.54. The zero-order chi connectivity index (χ0) is 14.6. The normalized spacial score (nSPS) is 13.1. The number of carbonyl (C=O) groups is 2. The van der Waals surface area contributed by atoms with E-state index in [1.54, 1.807) is 13.8 Å². The van der Waals surface area contributed by atoms with Crippen molar-refractivity contribution in [2.45, 2.75) is 13.8 Å². The number of carbonyl (C=O) groups excluding carboxylic acids is 2. The smallest absolute Gasteiger partial charge is 0.234 e. The third-order valence-corrected chi connectivity index (χ3v) is 3.62. The molecule has 0 radical (unpaired) electrons. The summed E-state index contributed by atoms with van der Waals surface area (Å²) in [5.41, 5.74) is 2.60. The molecule has 0 spiro atoms. The lowest BCUT2D eigenvalue weighted by Gasteiger charge is -2.20. The molecule has 0 amide bonds. The zero-order valence-electron chi connectivity index (χ0n) is 11.0. The van der Waals surface area contributed by atoms with Gasteiger partial charge in [-0.3, -0.25) is 9.59 Å². The van der Waals surface area contributed by atoms with Crippen LogP contribution < -0.4 is 0 Å². The first kappa shape index (κ1) is 12.4. The van der Waals surface area contributed by atoms with Gasteiger partial charge in [0, 0.05) is 11.1 Å². The number of fused-ring (bicyclic) bond motifs is 3. The van der Waals surface area contributed by atoms with Crippen LogP contribution in [0.25, 0.3) is 11.1 Å². The summed E-state index contributed by atoms with van der Waals surface area (Å²) in [5, 5.41) is 19.5. The number of aryl methyl sites for hydroxylation is 2. The van der Waals surface area contributed by atoms with Gasteiger partial charge in [-0.25, -0.2) is 0 Å². The van der Waals surface area contributed by atoms with Crippen LogP contribution in [-0.2, 0) is 0 Å². The average Bonchev–Trinajstić information content (AvgIpc) is 2.37. The molecule has 4 nitrogen and oxygen atoms in total. The number of phenolic OH excluding ortho intramolecular Hbond substituents is 2. The first-order valence-electron chi connectivity index (χ1n) is 6.16. The minimum Gasteiger partial charge on any atom is -0.508 e. The Bertz CT molecular complexity index is 788. The largest absolute Gasteiger partial charge is 0.508 e. The lowest BCUT2D eigenvalue weighted by molar-refractivity contribution is 0.0815. The average molecular weight is 268 g/mol. The molecule has 0 aromatic heterocycles. The van der Waals surface area contributed by atoms with E-state index in [4.69, 9.17) is 0 Å². The molecule has 20 heavy (non-hydrogen) atoms. The maximum Gasteiger partial charge on any atom is 0.234 e. The van der Waals surface area contributed by atoms with Gasteiger partial charge in [-0.05, 0) is 60.4 Å². The van der Waals surface area contributed by atoms with Crippen molar-refractivity contribution in [3.63, 3.8) is 0 Å². The SMILES string of the molecule is Cc1cc2c(cc1O)-c1cc(O)cc(C)c1C(=O)C2=O. The Morgan fingerprint density at radius 1 is 0.750 bits per heavy atom. The molecule has 0 atom stereocenters. The highest BCUT2D eigenvalue weighted by Crippen LogP contribution is 2.39. The van der Waals surface area contributed by atoms with Crippen molar-refractivity contribution >= 4 is 11.6 Å². The molecule has 0 aliphatic heterocycles. The van der Waals surface area contributed by atoms with Crippen LogP contribution >= 0.6 is 0 Å². The molecule has 1 aliphatic carbocycles. The van der Waals surface area contributed by atoms with E-state index in [0.29, 0.717) is 27.8 Å². The molecule has 0 saturated carbocycles. The van der Waals surface area contributed by atoms with Crippen LogP contribution in [0.2, 0.25) is 0 Å². The van der Waals surface area contributed by atoms with E-state index in [9.17, 15) is 19.8 Å². The van der Waals surface area contributed by atoms with Gasteiger partial charge >= 0.3 is 0 Å². The van der Waals surface area contributed by atoms with Gasteiger partial charge in [0.2, 0.25) is 11.6 Å². The van der Waals surface area contributed by atoms with Crippen LogP contribution in [0.4, 0.5) is 0 Å². The van der Waals surface area contributed by atoms with Crippen LogP contribution in [0.1, 0.15) is 31.8 Å². The topological polar surface area (TPSA) is 74.6 Å². The number of rotatable bonds is 0.